The Kier molecular flexibility index (Phi) is 6.81. The van der Waals surface area contributed by atoms with E-state index < -0.39 is 0 Å². The van der Waals surface area contributed by atoms with Crippen molar-refractivity contribution in [1.29, 1.82) is 0 Å². The number of halogens is 1. The van der Waals surface area contributed by atoms with Gasteiger partial charge in [-0.05, 0) is 25.0 Å². The first-order chi connectivity index (χ1) is 8.74. The van der Waals surface area contributed by atoms with Gasteiger partial charge in [0.05, 0.1) is 10.6 Å². The second-order valence-electron chi connectivity index (χ2n) is 4.48. The summed E-state index contributed by atoms with van der Waals surface area (Å²) < 4.78 is 0. The van der Waals surface area contributed by atoms with Gasteiger partial charge in [-0.1, -0.05) is 44.4 Å². The maximum atomic E-state index is 11.2. The lowest BCUT2D eigenvalue weighted by Gasteiger charge is -2.26. The molecule has 0 radical (unpaired) electrons. The zero-order valence-electron chi connectivity index (χ0n) is 11.3. The van der Waals surface area contributed by atoms with Crippen LogP contribution in [0.3, 0.4) is 0 Å². The number of carbonyl (C=O) groups excluding carboxylic acids is 1. The summed E-state index contributed by atoms with van der Waals surface area (Å²) in [4.78, 5) is 13.5. The van der Waals surface area contributed by atoms with Crippen LogP contribution in [0.4, 0.5) is 5.69 Å². The van der Waals surface area contributed by atoms with E-state index in [1.807, 2.05) is 12.1 Å². The van der Waals surface area contributed by atoms with Gasteiger partial charge >= 0.3 is 0 Å². The fourth-order valence-electron chi connectivity index (χ4n) is 1.97. The zero-order chi connectivity index (χ0) is 13.4. The van der Waals surface area contributed by atoms with Crippen LogP contribution < -0.4 is 4.90 Å². The van der Waals surface area contributed by atoms with Gasteiger partial charge in [-0.3, -0.25) is 4.79 Å². The van der Waals surface area contributed by atoms with Gasteiger partial charge in [0.2, 0.25) is 0 Å². The normalized spacial score (nSPS) is 10.4. The van der Waals surface area contributed by atoms with Crippen LogP contribution in [0.5, 0.6) is 0 Å². The number of nitrogens with zero attached hydrogens (tertiary/aromatic N) is 1. The van der Waals surface area contributed by atoms with Crippen LogP contribution in [0.1, 0.15) is 49.9 Å². The lowest BCUT2D eigenvalue weighted by molar-refractivity contribution is 0.112. The summed E-state index contributed by atoms with van der Waals surface area (Å²) in [5.74, 6) is 0. The van der Waals surface area contributed by atoms with Crippen LogP contribution in [-0.2, 0) is 0 Å². The molecule has 0 N–H and O–H groups in total. The van der Waals surface area contributed by atoms with E-state index in [0.717, 1.165) is 50.7 Å². The van der Waals surface area contributed by atoms with Gasteiger partial charge in [0.1, 0.15) is 0 Å². The minimum absolute atomic E-state index is 0.542. The molecule has 2 nitrogen and oxygen atoms in total. The molecule has 0 saturated heterocycles. The summed E-state index contributed by atoms with van der Waals surface area (Å²) in [7, 11) is 0. The van der Waals surface area contributed by atoms with Crippen LogP contribution in [0.15, 0.2) is 18.2 Å². The Labute approximate surface area is 115 Å². The quantitative estimate of drug-likeness (QED) is 0.644. The van der Waals surface area contributed by atoms with Crippen molar-refractivity contribution in [2.24, 2.45) is 0 Å². The number of hydrogen-bond donors (Lipinski definition) is 0. The summed E-state index contributed by atoms with van der Waals surface area (Å²) in [5, 5.41) is 0.542. The van der Waals surface area contributed by atoms with Crippen LogP contribution in [-0.4, -0.2) is 19.4 Å². The molecule has 0 aliphatic rings. The number of hydrogen-bond acceptors (Lipinski definition) is 2. The van der Waals surface area contributed by atoms with Crippen molar-refractivity contribution in [3.8, 4) is 0 Å². The molecule has 0 unspecified atom stereocenters. The average Bonchev–Trinajstić information content (AvgIpc) is 2.39. The highest BCUT2D eigenvalue weighted by Crippen LogP contribution is 2.26. The highest BCUT2D eigenvalue weighted by atomic mass is 35.5. The minimum Gasteiger partial charge on any atom is -0.371 e. The van der Waals surface area contributed by atoms with Crippen molar-refractivity contribution in [2.75, 3.05) is 18.0 Å². The number of carbonyl (C=O) groups is 1. The van der Waals surface area contributed by atoms with E-state index in [0.29, 0.717) is 10.6 Å². The van der Waals surface area contributed by atoms with Gasteiger partial charge in [-0.15, -0.1) is 0 Å². The van der Waals surface area contributed by atoms with Gasteiger partial charge in [0, 0.05) is 18.8 Å². The van der Waals surface area contributed by atoms with Crippen LogP contribution in [0.2, 0.25) is 5.02 Å². The fourth-order valence-corrected chi connectivity index (χ4v) is 2.18. The largest absolute Gasteiger partial charge is 0.371 e. The predicted molar refractivity (Wildman–Crippen MR) is 78.9 cm³/mol. The SMILES string of the molecule is CCCCN(CCCC)c1cccc(Cl)c1C=O. The molecule has 1 rings (SSSR count). The molecular formula is C15H22ClNO. The summed E-state index contributed by atoms with van der Waals surface area (Å²) in [6.45, 7) is 6.32. The lowest BCUT2D eigenvalue weighted by Crippen LogP contribution is -2.26. The monoisotopic (exact) mass is 267 g/mol. The minimum atomic E-state index is 0.542. The molecule has 3 heteroatoms. The maximum Gasteiger partial charge on any atom is 0.153 e. The second kappa shape index (κ2) is 8.15. The Bertz CT molecular complexity index is 371. The molecule has 0 aliphatic carbocycles. The third-order valence-corrected chi connectivity index (χ3v) is 3.38. The van der Waals surface area contributed by atoms with E-state index >= 15 is 0 Å². The second-order valence-corrected chi connectivity index (χ2v) is 4.89. The Hall–Kier alpha value is -1.02. The zero-order valence-corrected chi connectivity index (χ0v) is 12.0. The van der Waals surface area contributed by atoms with E-state index in [1.165, 1.54) is 0 Å². The molecule has 0 heterocycles. The number of aldehydes is 1. The number of rotatable bonds is 8. The van der Waals surface area contributed by atoms with Gasteiger partial charge in [0.15, 0.2) is 6.29 Å². The predicted octanol–water partition coefficient (Wildman–Crippen LogP) is 4.56. The molecule has 18 heavy (non-hydrogen) atoms. The Balaban J connectivity index is 2.95. The van der Waals surface area contributed by atoms with Crippen LogP contribution in [0, 0.1) is 0 Å². The highest BCUT2D eigenvalue weighted by Gasteiger charge is 2.12. The molecule has 0 aromatic heterocycles. The third kappa shape index (κ3) is 4.02. The molecule has 0 amide bonds. The molecule has 0 aliphatic heterocycles. The van der Waals surface area contributed by atoms with Gasteiger partial charge < -0.3 is 4.90 Å². The van der Waals surface area contributed by atoms with Crippen molar-refractivity contribution in [1.82, 2.24) is 0 Å². The van der Waals surface area contributed by atoms with Gasteiger partial charge in [-0.25, -0.2) is 0 Å². The van der Waals surface area contributed by atoms with Crippen molar-refractivity contribution >= 4 is 23.6 Å². The summed E-state index contributed by atoms with van der Waals surface area (Å²) in [5.41, 5.74) is 1.59. The fraction of sp³-hybridized carbons (Fsp3) is 0.533. The lowest BCUT2D eigenvalue weighted by atomic mass is 10.1. The Morgan fingerprint density at radius 2 is 1.78 bits per heavy atom. The Morgan fingerprint density at radius 1 is 1.17 bits per heavy atom. The highest BCUT2D eigenvalue weighted by molar-refractivity contribution is 6.33. The topological polar surface area (TPSA) is 20.3 Å². The first kappa shape index (κ1) is 15.0. The van der Waals surface area contributed by atoms with E-state index in [1.54, 1.807) is 6.07 Å². The molecule has 0 atom stereocenters. The van der Waals surface area contributed by atoms with E-state index in [2.05, 4.69) is 18.7 Å². The maximum absolute atomic E-state index is 11.2. The van der Waals surface area contributed by atoms with Crippen molar-refractivity contribution in [3.05, 3.63) is 28.8 Å². The molecule has 0 saturated carbocycles. The first-order valence-electron chi connectivity index (χ1n) is 6.73. The standard InChI is InChI=1S/C15H22ClNO/c1-3-5-10-17(11-6-4-2)15-9-7-8-14(16)13(15)12-18/h7-9,12H,3-6,10-11H2,1-2H3. The molecule has 1 aromatic rings. The first-order valence-corrected chi connectivity index (χ1v) is 7.11. The smallest absolute Gasteiger partial charge is 0.153 e. The average molecular weight is 268 g/mol. The number of benzene rings is 1. The number of anilines is 1. The van der Waals surface area contributed by atoms with Crippen molar-refractivity contribution in [3.63, 3.8) is 0 Å². The summed E-state index contributed by atoms with van der Waals surface area (Å²) >= 11 is 6.08. The molecule has 100 valence electrons. The van der Waals surface area contributed by atoms with Crippen molar-refractivity contribution < 1.29 is 4.79 Å². The van der Waals surface area contributed by atoms with Crippen LogP contribution >= 0.6 is 11.6 Å². The molecule has 0 bridgehead atoms. The molecule has 1 aromatic carbocycles. The van der Waals surface area contributed by atoms with Gasteiger partial charge in [-0.2, -0.15) is 0 Å². The molecule has 0 fully saturated rings. The van der Waals surface area contributed by atoms with Crippen LogP contribution in [0.25, 0.3) is 0 Å². The number of unbranched alkanes of at least 4 members (excludes halogenated alkanes) is 2. The Morgan fingerprint density at radius 3 is 2.28 bits per heavy atom. The van der Waals surface area contributed by atoms with Crippen molar-refractivity contribution in [2.45, 2.75) is 39.5 Å². The summed E-state index contributed by atoms with van der Waals surface area (Å²) in [6, 6.07) is 5.67. The molecule has 0 spiro atoms. The van der Waals surface area contributed by atoms with E-state index in [-0.39, 0.29) is 0 Å². The van der Waals surface area contributed by atoms with E-state index in [9.17, 15) is 4.79 Å². The molecular weight excluding hydrogens is 246 g/mol. The van der Waals surface area contributed by atoms with Gasteiger partial charge in [0.25, 0.3) is 0 Å². The summed E-state index contributed by atoms with van der Waals surface area (Å²) in [6.07, 6.45) is 5.44. The van der Waals surface area contributed by atoms with E-state index in [4.69, 9.17) is 11.6 Å². The third-order valence-electron chi connectivity index (χ3n) is 3.05.